The summed E-state index contributed by atoms with van der Waals surface area (Å²) in [7, 11) is 0. The average Bonchev–Trinajstić information content (AvgIpc) is 3.92. The van der Waals surface area contributed by atoms with Gasteiger partial charge in [0.1, 0.15) is 22.7 Å². The number of hydrogen-bond acceptors (Lipinski definition) is 4. The fraction of sp³-hybridized carbons (Fsp3) is 0.188. The molecule has 0 spiro atoms. The number of aromatic hydroxyl groups is 1. The van der Waals surface area contributed by atoms with Crippen LogP contribution in [0.1, 0.15) is 79.0 Å². The van der Waals surface area contributed by atoms with E-state index in [2.05, 4.69) is 231 Å². The molecule has 5 nitrogen and oxygen atoms in total. The lowest BCUT2D eigenvalue weighted by atomic mass is 9.79. The van der Waals surface area contributed by atoms with Gasteiger partial charge in [0.25, 0.3) is 0 Å². The Hall–Kier alpha value is -7.76. The Balaban J connectivity index is 1.25. The first-order chi connectivity index (χ1) is 33.0. The number of furan rings is 1. The van der Waals surface area contributed by atoms with E-state index in [0.717, 1.165) is 105 Å². The molecule has 0 aliphatic rings. The number of phenols is 1. The number of pyridine rings is 1. The molecule has 0 aliphatic heterocycles. The predicted octanol–water partition coefficient (Wildman–Crippen LogP) is 17.4. The molecule has 3 heterocycles. The van der Waals surface area contributed by atoms with Crippen molar-refractivity contribution < 1.29 is 9.52 Å². The zero-order valence-electron chi connectivity index (χ0n) is 40.9. The normalized spacial score (nSPS) is 12.5. The highest BCUT2D eigenvalue weighted by atomic mass is 16.3. The third-order valence-corrected chi connectivity index (χ3v) is 13.8. The largest absolute Gasteiger partial charge is 0.507 e. The topological polar surface area (TPSA) is 64.1 Å². The van der Waals surface area contributed by atoms with E-state index in [9.17, 15) is 5.11 Å². The standard InChI is InChI=1S/C64H57N3O2/c1-62(2,3)44-28-30-55(49(36-44)40-21-14-11-15-22-40)67-56-26-18-25-46(57(56)66-61(67)52-37-45(63(4,5)6)38-53(58(52)68)64(7,8)9)43-33-50-48-29-27-41-23-16-17-24-47(41)59(48)69-60(50)51(34-43)54-35-42(31-32-65-54)39-19-12-10-13-20-39/h10-38,68H,1-9H3. The summed E-state index contributed by atoms with van der Waals surface area (Å²) in [5.74, 6) is 0.914. The fourth-order valence-corrected chi connectivity index (χ4v) is 9.95. The second-order valence-electron chi connectivity index (χ2n) is 21.7. The van der Waals surface area contributed by atoms with Crippen molar-refractivity contribution >= 4 is 43.7 Å². The van der Waals surface area contributed by atoms with Crippen molar-refractivity contribution in [3.05, 3.63) is 193 Å². The van der Waals surface area contributed by atoms with Crippen LogP contribution in [0.15, 0.2) is 180 Å². The van der Waals surface area contributed by atoms with Gasteiger partial charge in [0, 0.05) is 44.6 Å². The van der Waals surface area contributed by atoms with Gasteiger partial charge < -0.3 is 9.52 Å². The molecule has 0 fully saturated rings. The number of benzene rings is 8. The summed E-state index contributed by atoms with van der Waals surface area (Å²) < 4.78 is 9.29. The highest BCUT2D eigenvalue weighted by Gasteiger charge is 2.30. The molecule has 0 bridgehead atoms. The molecule has 5 heteroatoms. The maximum atomic E-state index is 12.7. The minimum atomic E-state index is -0.345. The van der Waals surface area contributed by atoms with Crippen LogP contribution in [0.25, 0.3) is 105 Å². The van der Waals surface area contributed by atoms with Gasteiger partial charge in [-0.15, -0.1) is 0 Å². The molecule has 0 aliphatic carbocycles. The molecule has 0 atom stereocenters. The number of hydrogen-bond donors (Lipinski definition) is 1. The number of fused-ring (bicyclic) bond motifs is 6. The number of phenolic OH excluding ortho intramolecular Hbond substituents is 1. The molecule has 69 heavy (non-hydrogen) atoms. The van der Waals surface area contributed by atoms with Gasteiger partial charge in [-0.05, 0) is 110 Å². The molecule has 11 rings (SSSR count). The van der Waals surface area contributed by atoms with Crippen LogP contribution in [-0.4, -0.2) is 19.6 Å². The smallest absolute Gasteiger partial charge is 0.149 e. The molecule has 3 aromatic heterocycles. The van der Waals surface area contributed by atoms with E-state index >= 15 is 0 Å². The SMILES string of the molecule is CC(C)(C)c1ccc(-n2c(-c3cc(C(C)(C)C)cc(C(C)(C)C)c3O)nc3c(-c4cc(-c5cc(-c6ccccc6)ccn5)c5oc6c7ccccc7ccc6c5c4)cccc32)c(-c2ccccc2)c1. The molecule has 8 aromatic carbocycles. The van der Waals surface area contributed by atoms with Gasteiger partial charge in [-0.3, -0.25) is 9.55 Å². The molecule has 0 saturated heterocycles. The lowest BCUT2D eigenvalue weighted by molar-refractivity contribution is 0.446. The van der Waals surface area contributed by atoms with Gasteiger partial charge >= 0.3 is 0 Å². The first-order valence-corrected chi connectivity index (χ1v) is 24.0. The summed E-state index contributed by atoms with van der Waals surface area (Å²) in [6.07, 6.45) is 1.89. The predicted molar refractivity (Wildman–Crippen MR) is 289 cm³/mol. The Bertz CT molecular complexity index is 3780. The van der Waals surface area contributed by atoms with Crippen LogP contribution < -0.4 is 0 Å². The summed E-state index contributed by atoms with van der Waals surface area (Å²) in [4.78, 5) is 10.8. The van der Waals surface area contributed by atoms with Gasteiger partial charge in [0.15, 0.2) is 0 Å². The van der Waals surface area contributed by atoms with E-state index < -0.39 is 0 Å². The molecule has 0 radical (unpaired) electrons. The number of nitrogens with zero attached hydrogens (tertiary/aromatic N) is 3. The van der Waals surface area contributed by atoms with Gasteiger partial charge in [0.05, 0.1) is 28.0 Å². The Kier molecular flexibility index (Phi) is 10.3. The maximum absolute atomic E-state index is 12.7. The van der Waals surface area contributed by atoms with Crippen LogP contribution in [0.3, 0.4) is 0 Å². The highest BCUT2D eigenvalue weighted by molar-refractivity contribution is 6.18. The van der Waals surface area contributed by atoms with Gasteiger partial charge in [-0.1, -0.05) is 178 Å². The monoisotopic (exact) mass is 899 g/mol. The van der Waals surface area contributed by atoms with Crippen molar-refractivity contribution in [3.8, 4) is 67.5 Å². The summed E-state index contributed by atoms with van der Waals surface area (Å²) in [5, 5.41) is 16.9. The quantitative estimate of drug-likeness (QED) is 0.181. The number of imidazole rings is 1. The Morgan fingerprint density at radius 1 is 0.464 bits per heavy atom. The highest BCUT2D eigenvalue weighted by Crippen LogP contribution is 2.47. The minimum Gasteiger partial charge on any atom is -0.507 e. The minimum absolute atomic E-state index is 0.0919. The third-order valence-electron chi connectivity index (χ3n) is 13.8. The molecular weight excluding hydrogens is 843 g/mol. The van der Waals surface area contributed by atoms with Crippen LogP contribution >= 0.6 is 0 Å². The van der Waals surface area contributed by atoms with E-state index in [1.165, 1.54) is 5.56 Å². The van der Waals surface area contributed by atoms with E-state index in [1.54, 1.807) is 0 Å². The van der Waals surface area contributed by atoms with Crippen LogP contribution in [-0.2, 0) is 16.2 Å². The van der Waals surface area contributed by atoms with Crippen molar-refractivity contribution in [2.45, 2.75) is 78.6 Å². The first-order valence-electron chi connectivity index (χ1n) is 24.0. The van der Waals surface area contributed by atoms with Gasteiger partial charge in [0.2, 0.25) is 0 Å². The molecular formula is C64H57N3O2. The second kappa shape index (κ2) is 16.2. The molecule has 0 amide bonds. The second-order valence-corrected chi connectivity index (χ2v) is 21.7. The van der Waals surface area contributed by atoms with Crippen molar-refractivity contribution in [2.24, 2.45) is 0 Å². The molecule has 0 unspecified atom stereocenters. The fourth-order valence-electron chi connectivity index (χ4n) is 9.95. The van der Waals surface area contributed by atoms with Gasteiger partial charge in [-0.2, -0.15) is 0 Å². The van der Waals surface area contributed by atoms with Crippen LogP contribution in [0.2, 0.25) is 0 Å². The average molecular weight is 900 g/mol. The van der Waals surface area contributed by atoms with E-state index in [-0.39, 0.29) is 22.0 Å². The van der Waals surface area contributed by atoms with E-state index in [1.807, 2.05) is 12.3 Å². The summed E-state index contributed by atoms with van der Waals surface area (Å²) in [5.41, 5.74) is 15.7. The van der Waals surface area contributed by atoms with Crippen molar-refractivity contribution in [2.75, 3.05) is 0 Å². The van der Waals surface area contributed by atoms with Crippen molar-refractivity contribution in [3.63, 3.8) is 0 Å². The third kappa shape index (κ3) is 7.67. The Morgan fingerprint density at radius 2 is 1.16 bits per heavy atom. The number of aromatic nitrogens is 3. The van der Waals surface area contributed by atoms with Crippen molar-refractivity contribution in [1.82, 2.24) is 14.5 Å². The van der Waals surface area contributed by atoms with E-state index in [4.69, 9.17) is 14.4 Å². The summed E-state index contributed by atoms with van der Waals surface area (Å²) in [6.45, 7) is 20.0. The maximum Gasteiger partial charge on any atom is 0.149 e. The van der Waals surface area contributed by atoms with Gasteiger partial charge in [-0.25, -0.2) is 4.98 Å². The van der Waals surface area contributed by atoms with Crippen molar-refractivity contribution in [1.29, 1.82) is 0 Å². The molecule has 11 aromatic rings. The van der Waals surface area contributed by atoms with Crippen LogP contribution in [0.4, 0.5) is 0 Å². The molecule has 0 saturated carbocycles. The number of rotatable bonds is 6. The number of para-hydroxylation sites is 1. The molecule has 1 N–H and O–H groups in total. The Labute approximate surface area is 404 Å². The Morgan fingerprint density at radius 3 is 1.88 bits per heavy atom. The summed E-state index contributed by atoms with van der Waals surface area (Å²) in [6, 6.07) is 60.2. The first kappa shape index (κ1) is 43.8. The zero-order valence-corrected chi connectivity index (χ0v) is 40.9. The van der Waals surface area contributed by atoms with E-state index in [0.29, 0.717) is 11.4 Å². The van der Waals surface area contributed by atoms with Crippen LogP contribution in [0.5, 0.6) is 5.75 Å². The van der Waals surface area contributed by atoms with Crippen LogP contribution in [0, 0.1) is 0 Å². The molecule has 340 valence electrons. The lowest BCUT2D eigenvalue weighted by Gasteiger charge is -2.28. The summed E-state index contributed by atoms with van der Waals surface area (Å²) >= 11 is 0. The lowest BCUT2D eigenvalue weighted by Crippen LogP contribution is -2.17. The zero-order chi connectivity index (χ0) is 48.0.